The van der Waals surface area contributed by atoms with Crippen LogP contribution in [0, 0.1) is 0 Å². The van der Waals surface area contributed by atoms with Gasteiger partial charge in [0.2, 0.25) is 0 Å². The summed E-state index contributed by atoms with van der Waals surface area (Å²) in [6.07, 6.45) is 0.841. The number of hydrogen-bond donors (Lipinski definition) is 1. The van der Waals surface area contributed by atoms with Crippen LogP contribution in [-0.4, -0.2) is 47.7 Å². The van der Waals surface area contributed by atoms with Crippen LogP contribution >= 0.6 is 0 Å². The lowest BCUT2D eigenvalue weighted by atomic mass is 10.2. The molecule has 14 heavy (non-hydrogen) atoms. The van der Waals surface area contributed by atoms with E-state index in [1.54, 1.807) is 6.92 Å². The SMILES string of the molecule is CC(O)CCCN1C(=O)COCC1=O. The van der Waals surface area contributed by atoms with Gasteiger partial charge in [0.15, 0.2) is 0 Å². The van der Waals surface area contributed by atoms with Crippen molar-refractivity contribution in [3.05, 3.63) is 0 Å². The quantitative estimate of drug-likeness (QED) is 0.624. The number of nitrogens with zero attached hydrogens (tertiary/aromatic N) is 1. The van der Waals surface area contributed by atoms with E-state index >= 15 is 0 Å². The van der Waals surface area contributed by atoms with Gasteiger partial charge in [0, 0.05) is 6.54 Å². The molecule has 1 N–H and O–H groups in total. The van der Waals surface area contributed by atoms with Crippen LogP contribution in [0.25, 0.3) is 0 Å². The molecule has 0 aromatic rings. The summed E-state index contributed by atoms with van der Waals surface area (Å²) < 4.78 is 4.76. The highest BCUT2D eigenvalue weighted by molar-refractivity contribution is 5.98. The van der Waals surface area contributed by atoms with E-state index in [1.807, 2.05) is 0 Å². The number of carbonyl (C=O) groups excluding carboxylic acids is 2. The fourth-order valence-electron chi connectivity index (χ4n) is 1.31. The predicted octanol–water partition coefficient (Wildman–Crippen LogP) is -0.467. The Hall–Kier alpha value is -0.940. The number of aliphatic hydroxyl groups excluding tert-OH is 1. The molecule has 1 rings (SSSR count). The number of hydrogen-bond acceptors (Lipinski definition) is 4. The molecule has 0 spiro atoms. The van der Waals surface area contributed by atoms with E-state index in [4.69, 9.17) is 9.84 Å². The molecule has 1 aliphatic heterocycles. The van der Waals surface area contributed by atoms with Crippen LogP contribution in [0.4, 0.5) is 0 Å². The average Bonchev–Trinajstić information content (AvgIpc) is 2.09. The first kappa shape index (κ1) is 11.1. The number of amides is 2. The van der Waals surface area contributed by atoms with E-state index in [0.717, 1.165) is 0 Å². The van der Waals surface area contributed by atoms with E-state index in [-0.39, 0.29) is 31.1 Å². The van der Waals surface area contributed by atoms with Crippen LogP contribution in [-0.2, 0) is 14.3 Å². The molecule has 5 heteroatoms. The molecule has 1 fully saturated rings. The number of rotatable bonds is 4. The minimum Gasteiger partial charge on any atom is -0.393 e. The summed E-state index contributed by atoms with van der Waals surface area (Å²) in [4.78, 5) is 23.6. The third-order valence-corrected chi connectivity index (χ3v) is 2.06. The number of aliphatic hydroxyl groups is 1. The summed E-state index contributed by atoms with van der Waals surface area (Å²) in [7, 11) is 0. The van der Waals surface area contributed by atoms with Gasteiger partial charge in [-0.25, -0.2) is 0 Å². The average molecular weight is 201 g/mol. The lowest BCUT2D eigenvalue weighted by Gasteiger charge is -2.24. The van der Waals surface area contributed by atoms with Crippen LogP contribution in [0.3, 0.4) is 0 Å². The highest BCUT2D eigenvalue weighted by atomic mass is 16.5. The third kappa shape index (κ3) is 3.08. The van der Waals surface area contributed by atoms with Crippen LogP contribution < -0.4 is 0 Å². The Labute approximate surface area is 82.6 Å². The number of ether oxygens (including phenoxy) is 1. The predicted molar refractivity (Wildman–Crippen MR) is 48.5 cm³/mol. The van der Waals surface area contributed by atoms with E-state index in [1.165, 1.54) is 4.90 Å². The normalized spacial score (nSPS) is 20.0. The Morgan fingerprint density at radius 1 is 1.43 bits per heavy atom. The Morgan fingerprint density at radius 3 is 2.50 bits per heavy atom. The first-order valence-corrected chi connectivity index (χ1v) is 4.70. The Balaban J connectivity index is 2.33. The van der Waals surface area contributed by atoms with E-state index in [0.29, 0.717) is 19.4 Å². The first-order chi connectivity index (χ1) is 6.61. The van der Waals surface area contributed by atoms with Crippen LogP contribution in [0.2, 0.25) is 0 Å². The Bertz CT molecular complexity index is 211. The van der Waals surface area contributed by atoms with Crippen molar-refractivity contribution < 1.29 is 19.4 Å². The monoisotopic (exact) mass is 201 g/mol. The molecule has 1 saturated heterocycles. The molecule has 2 amide bonds. The van der Waals surface area contributed by atoms with Gasteiger partial charge >= 0.3 is 0 Å². The highest BCUT2D eigenvalue weighted by Gasteiger charge is 2.25. The second kappa shape index (κ2) is 5.07. The first-order valence-electron chi connectivity index (χ1n) is 4.70. The van der Waals surface area contributed by atoms with Gasteiger partial charge in [-0.1, -0.05) is 0 Å². The Morgan fingerprint density at radius 2 is 2.00 bits per heavy atom. The molecule has 1 aliphatic rings. The van der Waals surface area contributed by atoms with Gasteiger partial charge in [-0.3, -0.25) is 14.5 Å². The molecular formula is C9H15NO4. The molecule has 0 aromatic carbocycles. The lowest BCUT2D eigenvalue weighted by molar-refractivity contribution is -0.158. The molecule has 0 aromatic heterocycles. The van der Waals surface area contributed by atoms with Gasteiger partial charge in [0.05, 0.1) is 6.10 Å². The molecule has 1 heterocycles. The standard InChI is InChI=1S/C9H15NO4/c1-7(11)3-2-4-10-8(12)5-14-6-9(10)13/h7,11H,2-6H2,1H3. The third-order valence-electron chi connectivity index (χ3n) is 2.06. The maximum absolute atomic E-state index is 11.2. The van der Waals surface area contributed by atoms with Crippen molar-refractivity contribution in [3.8, 4) is 0 Å². The second-order valence-corrected chi connectivity index (χ2v) is 3.42. The van der Waals surface area contributed by atoms with Crippen molar-refractivity contribution in [1.29, 1.82) is 0 Å². The van der Waals surface area contributed by atoms with Crippen molar-refractivity contribution >= 4 is 11.8 Å². The zero-order chi connectivity index (χ0) is 10.6. The largest absolute Gasteiger partial charge is 0.393 e. The summed E-state index contributed by atoms with van der Waals surface area (Å²) in [5.74, 6) is -0.571. The molecule has 0 radical (unpaired) electrons. The van der Waals surface area contributed by atoms with Crippen molar-refractivity contribution in [1.82, 2.24) is 4.90 Å². The fraction of sp³-hybridized carbons (Fsp3) is 0.778. The van der Waals surface area contributed by atoms with Crippen LogP contribution in [0.1, 0.15) is 19.8 Å². The minimum absolute atomic E-state index is 0.0135. The van der Waals surface area contributed by atoms with Gasteiger partial charge in [-0.15, -0.1) is 0 Å². The maximum atomic E-state index is 11.2. The van der Waals surface area contributed by atoms with Crippen molar-refractivity contribution in [3.63, 3.8) is 0 Å². The van der Waals surface area contributed by atoms with E-state index in [9.17, 15) is 9.59 Å². The van der Waals surface area contributed by atoms with Gasteiger partial charge in [0.25, 0.3) is 11.8 Å². The molecular weight excluding hydrogens is 186 g/mol. The molecule has 0 bridgehead atoms. The minimum atomic E-state index is -0.388. The molecule has 1 unspecified atom stereocenters. The fourth-order valence-corrected chi connectivity index (χ4v) is 1.31. The van der Waals surface area contributed by atoms with Crippen molar-refractivity contribution in [2.45, 2.75) is 25.9 Å². The molecule has 0 aliphatic carbocycles. The summed E-state index contributed by atoms with van der Waals surface area (Å²) in [6, 6.07) is 0. The highest BCUT2D eigenvalue weighted by Crippen LogP contribution is 2.04. The smallest absolute Gasteiger partial charge is 0.255 e. The van der Waals surface area contributed by atoms with Gasteiger partial charge < -0.3 is 9.84 Å². The van der Waals surface area contributed by atoms with E-state index < -0.39 is 0 Å². The van der Waals surface area contributed by atoms with Gasteiger partial charge in [-0.2, -0.15) is 0 Å². The summed E-state index contributed by atoms with van der Waals surface area (Å²) in [5, 5.41) is 9.00. The zero-order valence-electron chi connectivity index (χ0n) is 8.23. The summed E-state index contributed by atoms with van der Waals surface area (Å²) >= 11 is 0. The van der Waals surface area contributed by atoms with Gasteiger partial charge in [-0.05, 0) is 19.8 Å². The molecule has 0 saturated carbocycles. The lowest BCUT2D eigenvalue weighted by Crippen LogP contribution is -2.46. The molecule has 5 nitrogen and oxygen atoms in total. The number of morpholine rings is 1. The van der Waals surface area contributed by atoms with Gasteiger partial charge in [0.1, 0.15) is 13.2 Å². The van der Waals surface area contributed by atoms with Crippen molar-refractivity contribution in [2.24, 2.45) is 0 Å². The topological polar surface area (TPSA) is 66.8 Å². The maximum Gasteiger partial charge on any atom is 0.255 e. The Kier molecular flexibility index (Phi) is 4.03. The number of imide groups is 1. The molecule has 80 valence electrons. The van der Waals surface area contributed by atoms with Crippen molar-refractivity contribution in [2.75, 3.05) is 19.8 Å². The zero-order valence-corrected chi connectivity index (χ0v) is 8.23. The van der Waals surface area contributed by atoms with Crippen LogP contribution in [0.15, 0.2) is 0 Å². The molecule has 1 atom stereocenters. The summed E-state index contributed by atoms with van der Waals surface area (Å²) in [6.45, 7) is 2.04. The summed E-state index contributed by atoms with van der Waals surface area (Å²) in [5.41, 5.74) is 0. The van der Waals surface area contributed by atoms with Crippen LogP contribution in [0.5, 0.6) is 0 Å². The van der Waals surface area contributed by atoms with E-state index in [2.05, 4.69) is 0 Å². The second-order valence-electron chi connectivity index (χ2n) is 3.42. The number of carbonyl (C=O) groups is 2.